The van der Waals surface area contributed by atoms with Crippen molar-refractivity contribution in [1.29, 1.82) is 0 Å². The summed E-state index contributed by atoms with van der Waals surface area (Å²) in [6, 6.07) is 1.49. The molecule has 2 rings (SSSR count). The van der Waals surface area contributed by atoms with Crippen LogP contribution < -0.4 is 5.43 Å². The Bertz CT molecular complexity index is 899. The first-order valence-corrected chi connectivity index (χ1v) is 7.76. The van der Waals surface area contributed by atoms with Crippen molar-refractivity contribution in [2.45, 2.75) is 19.5 Å². The SMILES string of the molecule is CC1=C(COC(=O)CC(=O)O)C(=O)N(Nc2ccc(C(F)(F)F)c(Cl)n2)C1=O. The van der Waals surface area contributed by atoms with Gasteiger partial charge in [-0.2, -0.15) is 18.2 Å². The largest absolute Gasteiger partial charge is 0.481 e. The highest BCUT2D eigenvalue weighted by atomic mass is 35.5. The molecule has 0 radical (unpaired) electrons. The standard InChI is InChI=1S/C15H11ClF3N3O6/c1-6-7(5-28-11(25)4-10(23)24)14(27)22(13(6)26)21-9-3-2-8(12(16)20-9)15(17,18)19/h2-3H,4-5H2,1H3,(H,20,21)(H,23,24). The summed E-state index contributed by atoms with van der Waals surface area (Å²) in [5.41, 5.74) is 0.714. The zero-order valence-corrected chi connectivity index (χ0v) is 14.7. The number of aliphatic carboxylic acids is 1. The quantitative estimate of drug-likeness (QED) is 0.308. The van der Waals surface area contributed by atoms with Crippen LogP contribution in [0.25, 0.3) is 0 Å². The molecule has 0 bridgehead atoms. The van der Waals surface area contributed by atoms with E-state index in [1.165, 1.54) is 6.92 Å². The van der Waals surface area contributed by atoms with E-state index in [9.17, 15) is 32.3 Å². The second-order valence-corrected chi connectivity index (χ2v) is 5.78. The van der Waals surface area contributed by atoms with E-state index in [0.29, 0.717) is 11.1 Å². The maximum Gasteiger partial charge on any atom is 0.419 e. The van der Waals surface area contributed by atoms with Gasteiger partial charge in [0.15, 0.2) is 0 Å². The van der Waals surface area contributed by atoms with E-state index < -0.39 is 53.7 Å². The van der Waals surface area contributed by atoms with Crippen LogP contribution in [0.5, 0.6) is 0 Å². The normalized spacial score (nSPS) is 14.5. The van der Waals surface area contributed by atoms with Crippen LogP contribution in [0.3, 0.4) is 0 Å². The van der Waals surface area contributed by atoms with Gasteiger partial charge in [-0.05, 0) is 19.1 Å². The minimum Gasteiger partial charge on any atom is -0.481 e. The van der Waals surface area contributed by atoms with Crippen LogP contribution in [-0.2, 0) is 30.1 Å². The third-order valence-corrected chi connectivity index (χ3v) is 3.78. The second-order valence-electron chi connectivity index (χ2n) is 5.42. The Hall–Kier alpha value is -3.15. The molecule has 1 aromatic rings. The number of carboxylic acid groups (broad SMARTS) is 1. The first-order valence-electron chi connectivity index (χ1n) is 7.38. The molecule has 1 aliphatic rings. The van der Waals surface area contributed by atoms with E-state index in [4.69, 9.17) is 16.7 Å². The summed E-state index contributed by atoms with van der Waals surface area (Å²) in [6.07, 6.45) is -5.66. The number of hydrogen-bond donors (Lipinski definition) is 2. The molecule has 0 fully saturated rings. The lowest BCUT2D eigenvalue weighted by molar-refractivity contribution is -0.150. The number of amides is 2. The third kappa shape index (κ3) is 4.57. The summed E-state index contributed by atoms with van der Waals surface area (Å²) in [7, 11) is 0. The number of nitrogens with one attached hydrogen (secondary N) is 1. The number of anilines is 1. The number of carbonyl (C=O) groups excluding carboxylic acids is 3. The third-order valence-electron chi connectivity index (χ3n) is 3.49. The number of esters is 1. The summed E-state index contributed by atoms with van der Waals surface area (Å²) >= 11 is 5.48. The predicted molar refractivity (Wildman–Crippen MR) is 85.6 cm³/mol. The van der Waals surface area contributed by atoms with E-state index in [1.807, 2.05) is 0 Å². The van der Waals surface area contributed by atoms with E-state index in [2.05, 4.69) is 15.1 Å². The topological polar surface area (TPSA) is 126 Å². The zero-order valence-electron chi connectivity index (χ0n) is 14.0. The number of pyridine rings is 1. The predicted octanol–water partition coefficient (Wildman–Crippen LogP) is 1.78. The summed E-state index contributed by atoms with van der Waals surface area (Å²) in [4.78, 5) is 49.6. The number of ether oxygens (including phenoxy) is 1. The first kappa shape index (κ1) is 21.2. The lowest BCUT2D eigenvalue weighted by Gasteiger charge is -2.17. The molecule has 0 aliphatic carbocycles. The highest BCUT2D eigenvalue weighted by Gasteiger charge is 2.38. The number of aromatic nitrogens is 1. The van der Waals surface area contributed by atoms with Crippen LogP contribution in [0.1, 0.15) is 18.9 Å². The van der Waals surface area contributed by atoms with Gasteiger partial charge in [0, 0.05) is 5.57 Å². The Morgan fingerprint density at radius 2 is 1.93 bits per heavy atom. The molecule has 2 amide bonds. The lowest BCUT2D eigenvalue weighted by atomic mass is 10.2. The highest BCUT2D eigenvalue weighted by Crippen LogP contribution is 2.34. The van der Waals surface area contributed by atoms with Crippen molar-refractivity contribution in [2.75, 3.05) is 12.0 Å². The highest BCUT2D eigenvalue weighted by molar-refractivity contribution is 6.30. The van der Waals surface area contributed by atoms with Crippen molar-refractivity contribution in [1.82, 2.24) is 9.99 Å². The Morgan fingerprint density at radius 1 is 1.29 bits per heavy atom. The fourth-order valence-electron chi connectivity index (χ4n) is 2.11. The molecular formula is C15H11ClF3N3O6. The van der Waals surface area contributed by atoms with Crippen molar-refractivity contribution < 1.29 is 42.2 Å². The molecule has 150 valence electrons. The van der Waals surface area contributed by atoms with Crippen LogP contribution in [-0.4, -0.2) is 45.5 Å². The van der Waals surface area contributed by atoms with Gasteiger partial charge in [0.05, 0.1) is 11.1 Å². The first-order chi connectivity index (χ1) is 12.9. The number of hydrazine groups is 1. The van der Waals surface area contributed by atoms with Gasteiger partial charge >= 0.3 is 18.1 Å². The van der Waals surface area contributed by atoms with Gasteiger partial charge in [-0.1, -0.05) is 11.6 Å². The van der Waals surface area contributed by atoms with Gasteiger partial charge < -0.3 is 9.84 Å². The molecule has 2 N–H and O–H groups in total. The zero-order chi connectivity index (χ0) is 21.2. The van der Waals surface area contributed by atoms with Crippen LogP contribution in [0, 0.1) is 0 Å². The number of nitrogens with zero attached hydrogens (tertiary/aromatic N) is 2. The Morgan fingerprint density at radius 3 is 2.46 bits per heavy atom. The van der Waals surface area contributed by atoms with Gasteiger partial charge in [0.2, 0.25) is 0 Å². The molecule has 13 heteroatoms. The molecule has 2 heterocycles. The molecule has 9 nitrogen and oxygen atoms in total. The van der Waals surface area contributed by atoms with Gasteiger partial charge in [-0.3, -0.25) is 24.6 Å². The van der Waals surface area contributed by atoms with Crippen molar-refractivity contribution in [3.63, 3.8) is 0 Å². The van der Waals surface area contributed by atoms with Gasteiger partial charge in [-0.15, -0.1) is 0 Å². The van der Waals surface area contributed by atoms with Crippen LogP contribution >= 0.6 is 11.6 Å². The Labute approximate surface area is 159 Å². The summed E-state index contributed by atoms with van der Waals surface area (Å²) < 4.78 is 42.7. The molecule has 1 aliphatic heterocycles. The van der Waals surface area contributed by atoms with Gasteiger partial charge in [0.1, 0.15) is 24.0 Å². The van der Waals surface area contributed by atoms with E-state index in [1.54, 1.807) is 0 Å². The smallest absolute Gasteiger partial charge is 0.419 e. The average Bonchev–Trinajstić information content (AvgIpc) is 2.75. The molecule has 0 aromatic carbocycles. The second kappa shape index (κ2) is 7.84. The summed E-state index contributed by atoms with van der Waals surface area (Å²) in [5.74, 6) is -4.65. The fourth-order valence-corrected chi connectivity index (χ4v) is 2.37. The maximum atomic E-state index is 12.7. The van der Waals surface area contributed by atoms with Crippen molar-refractivity contribution in [3.05, 3.63) is 34.0 Å². The molecular weight excluding hydrogens is 411 g/mol. The van der Waals surface area contributed by atoms with E-state index in [-0.39, 0.29) is 17.0 Å². The number of alkyl halides is 3. The number of hydrogen-bond acceptors (Lipinski definition) is 7. The number of carboxylic acids is 1. The van der Waals surface area contributed by atoms with Gasteiger partial charge in [0.25, 0.3) is 11.8 Å². The van der Waals surface area contributed by atoms with E-state index in [0.717, 1.165) is 6.07 Å². The molecule has 0 unspecified atom stereocenters. The van der Waals surface area contributed by atoms with Crippen molar-refractivity contribution >= 4 is 41.2 Å². The summed E-state index contributed by atoms with van der Waals surface area (Å²) in [5, 5.41) is 8.05. The molecule has 0 saturated carbocycles. The van der Waals surface area contributed by atoms with Crippen LogP contribution in [0.2, 0.25) is 5.15 Å². The number of halogens is 4. The minimum absolute atomic E-state index is 0.0985. The summed E-state index contributed by atoms with van der Waals surface area (Å²) in [6.45, 7) is 0.608. The van der Waals surface area contributed by atoms with Crippen molar-refractivity contribution in [2.24, 2.45) is 0 Å². The van der Waals surface area contributed by atoms with Gasteiger partial charge in [-0.25, -0.2) is 4.98 Å². The van der Waals surface area contributed by atoms with Crippen LogP contribution in [0.4, 0.5) is 19.0 Å². The number of carbonyl (C=O) groups is 4. The number of imide groups is 1. The molecule has 0 spiro atoms. The monoisotopic (exact) mass is 421 g/mol. The fraction of sp³-hybridized carbons (Fsp3) is 0.267. The molecule has 1 aromatic heterocycles. The molecule has 0 saturated heterocycles. The molecule has 28 heavy (non-hydrogen) atoms. The maximum absolute atomic E-state index is 12.7. The number of rotatable bonds is 6. The lowest BCUT2D eigenvalue weighted by Crippen LogP contribution is -2.37. The molecule has 0 atom stereocenters. The average molecular weight is 422 g/mol. The van der Waals surface area contributed by atoms with E-state index >= 15 is 0 Å². The van der Waals surface area contributed by atoms with Crippen molar-refractivity contribution in [3.8, 4) is 0 Å². The Kier molecular flexibility index (Phi) is 5.92. The Balaban J connectivity index is 2.12. The minimum atomic E-state index is -4.73. The van der Waals surface area contributed by atoms with Crippen LogP contribution in [0.15, 0.2) is 23.3 Å².